The van der Waals surface area contributed by atoms with E-state index in [1.165, 1.54) is 0 Å². The minimum atomic E-state index is -0.152. The number of ether oxygens (including phenoxy) is 1. The van der Waals surface area contributed by atoms with E-state index in [-0.39, 0.29) is 11.9 Å². The number of carbonyl (C=O) groups is 1. The lowest BCUT2D eigenvalue weighted by Gasteiger charge is -2.03. The van der Waals surface area contributed by atoms with Crippen molar-refractivity contribution in [3.63, 3.8) is 0 Å². The quantitative estimate of drug-likeness (QED) is 0.443. The highest BCUT2D eigenvalue weighted by Crippen LogP contribution is 1.99. The molecular formula is C8H14O2. The van der Waals surface area contributed by atoms with E-state index >= 15 is 0 Å². The Hall–Kier alpha value is -0.790. The van der Waals surface area contributed by atoms with E-state index in [1.54, 1.807) is 6.92 Å². The average Bonchev–Trinajstić information content (AvgIpc) is 1.89. The molecule has 0 heterocycles. The summed E-state index contributed by atoms with van der Waals surface area (Å²) in [5.41, 5.74) is 0. The highest BCUT2D eigenvalue weighted by atomic mass is 16.5. The Morgan fingerprint density at radius 2 is 2.30 bits per heavy atom. The summed E-state index contributed by atoms with van der Waals surface area (Å²) >= 11 is 0. The summed E-state index contributed by atoms with van der Waals surface area (Å²) < 4.78 is 4.77. The predicted octanol–water partition coefficient (Wildman–Crippen LogP) is 1.76. The highest BCUT2D eigenvalue weighted by Gasteiger charge is 2.08. The number of allylic oxidation sites excluding steroid dienone is 1. The fourth-order valence-electron chi connectivity index (χ4n) is 0.641. The van der Waals surface area contributed by atoms with E-state index in [4.69, 9.17) is 4.74 Å². The molecule has 0 saturated carbocycles. The molecule has 0 radical (unpaired) electrons. The Labute approximate surface area is 61.9 Å². The first-order chi connectivity index (χ1) is 4.72. The molecule has 10 heavy (non-hydrogen) atoms. The summed E-state index contributed by atoms with van der Waals surface area (Å²) in [4.78, 5) is 10.9. The molecule has 0 aliphatic heterocycles. The second kappa shape index (κ2) is 5.03. The molecule has 0 N–H and O–H groups in total. The first kappa shape index (κ1) is 9.21. The summed E-state index contributed by atoms with van der Waals surface area (Å²) in [7, 11) is 0. The van der Waals surface area contributed by atoms with Gasteiger partial charge in [0.25, 0.3) is 0 Å². The molecular weight excluding hydrogens is 128 g/mol. The lowest BCUT2D eigenvalue weighted by Crippen LogP contribution is -2.12. The van der Waals surface area contributed by atoms with Gasteiger partial charge in [-0.05, 0) is 20.8 Å². The van der Waals surface area contributed by atoms with Gasteiger partial charge in [0, 0.05) is 0 Å². The zero-order valence-corrected chi connectivity index (χ0v) is 6.76. The van der Waals surface area contributed by atoms with E-state index in [9.17, 15) is 4.79 Å². The first-order valence-electron chi connectivity index (χ1n) is 3.51. The zero-order valence-electron chi connectivity index (χ0n) is 6.76. The number of rotatable bonds is 3. The number of hydrogen-bond acceptors (Lipinski definition) is 2. The molecule has 0 aromatic heterocycles. The molecule has 0 aliphatic rings. The molecule has 0 aromatic carbocycles. The van der Waals surface area contributed by atoms with Crippen LogP contribution in [0.2, 0.25) is 0 Å². The van der Waals surface area contributed by atoms with Crippen LogP contribution in [0.15, 0.2) is 12.2 Å². The van der Waals surface area contributed by atoms with Crippen LogP contribution in [0, 0.1) is 5.92 Å². The van der Waals surface area contributed by atoms with Crippen LogP contribution in [0.1, 0.15) is 20.8 Å². The maximum Gasteiger partial charge on any atom is 0.312 e. The van der Waals surface area contributed by atoms with Gasteiger partial charge >= 0.3 is 5.97 Å². The van der Waals surface area contributed by atoms with Crippen LogP contribution in [0.25, 0.3) is 0 Å². The molecule has 2 nitrogen and oxygen atoms in total. The molecule has 0 aliphatic carbocycles. The van der Waals surface area contributed by atoms with Crippen molar-refractivity contribution in [3.8, 4) is 0 Å². The maximum atomic E-state index is 10.9. The minimum Gasteiger partial charge on any atom is -0.466 e. The smallest absolute Gasteiger partial charge is 0.312 e. The first-order valence-corrected chi connectivity index (χ1v) is 3.51. The zero-order chi connectivity index (χ0) is 7.98. The van der Waals surface area contributed by atoms with Crippen LogP contribution < -0.4 is 0 Å². The van der Waals surface area contributed by atoms with Crippen LogP contribution in [0.3, 0.4) is 0 Å². The van der Waals surface area contributed by atoms with Crippen LogP contribution in [-0.2, 0) is 9.53 Å². The lowest BCUT2D eigenvalue weighted by molar-refractivity contribution is -0.145. The summed E-state index contributed by atoms with van der Waals surface area (Å²) in [5.74, 6) is -0.259. The Kier molecular flexibility index (Phi) is 4.63. The molecule has 0 bridgehead atoms. The third-order valence-corrected chi connectivity index (χ3v) is 1.14. The largest absolute Gasteiger partial charge is 0.466 e. The van der Waals surface area contributed by atoms with Gasteiger partial charge in [-0.15, -0.1) is 0 Å². The summed E-state index contributed by atoms with van der Waals surface area (Å²) in [6.45, 7) is 5.97. The topological polar surface area (TPSA) is 26.3 Å². The van der Waals surface area contributed by atoms with Crippen LogP contribution >= 0.6 is 0 Å². The fraction of sp³-hybridized carbons (Fsp3) is 0.625. The number of carbonyl (C=O) groups excluding carboxylic acids is 1. The molecule has 0 fully saturated rings. The van der Waals surface area contributed by atoms with Gasteiger partial charge in [0.05, 0.1) is 12.5 Å². The standard InChI is InChI=1S/C8H14O2/c1-4-6-7(3)8(9)10-5-2/h4,6-7H,5H2,1-3H3/b6-4+/t7-/m0/s1. The van der Waals surface area contributed by atoms with Crippen molar-refractivity contribution >= 4 is 5.97 Å². The molecule has 1 atom stereocenters. The van der Waals surface area contributed by atoms with Crippen molar-refractivity contribution in [2.24, 2.45) is 5.92 Å². The van der Waals surface area contributed by atoms with Crippen molar-refractivity contribution in [2.45, 2.75) is 20.8 Å². The Morgan fingerprint density at radius 3 is 2.70 bits per heavy atom. The average molecular weight is 142 g/mol. The van der Waals surface area contributed by atoms with Crippen LogP contribution in [0.5, 0.6) is 0 Å². The van der Waals surface area contributed by atoms with Gasteiger partial charge in [-0.25, -0.2) is 0 Å². The molecule has 58 valence electrons. The fourth-order valence-corrected chi connectivity index (χ4v) is 0.641. The maximum absolute atomic E-state index is 10.9. The Balaban J connectivity index is 3.70. The van der Waals surface area contributed by atoms with Gasteiger partial charge in [0.2, 0.25) is 0 Å². The van der Waals surface area contributed by atoms with Gasteiger partial charge < -0.3 is 4.74 Å². The predicted molar refractivity (Wildman–Crippen MR) is 40.6 cm³/mol. The van der Waals surface area contributed by atoms with Gasteiger partial charge in [-0.2, -0.15) is 0 Å². The molecule has 0 rings (SSSR count). The molecule has 0 unspecified atom stereocenters. The molecule has 2 heteroatoms. The Bertz CT molecular complexity index is 127. The van der Waals surface area contributed by atoms with E-state index in [1.807, 2.05) is 26.0 Å². The van der Waals surface area contributed by atoms with Crippen molar-refractivity contribution in [1.29, 1.82) is 0 Å². The van der Waals surface area contributed by atoms with E-state index in [0.29, 0.717) is 6.61 Å². The monoisotopic (exact) mass is 142 g/mol. The van der Waals surface area contributed by atoms with Crippen LogP contribution in [-0.4, -0.2) is 12.6 Å². The van der Waals surface area contributed by atoms with Crippen molar-refractivity contribution in [2.75, 3.05) is 6.61 Å². The molecule has 0 amide bonds. The third kappa shape index (κ3) is 3.28. The van der Waals surface area contributed by atoms with Crippen molar-refractivity contribution in [3.05, 3.63) is 12.2 Å². The SMILES string of the molecule is C/C=C/[C@H](C)C(=O)OCC. The van der Waals surface area contributed by atoms with Gasteiger partial charge in [0.15, 0.2) is 0 Å². The van der Waals surface area contributed by atoms with E-state index < -0.39 is 0 Å². The molecule has 0 aromatic rings. The highest BCUT2D eigenvalue weighted by molar-refractivity contribution is 5.73. The van der Waals surface area contributed by atoms with Gasteiger partial charge in [0.1, 0.15) is 0 Å². The summed E-state index contributed by atoms with van der Waals surface area (Å²) in [6.07, 6.45) is 3.67. The second-order valence-electron chi connectivity index (χ2n) is 2.07. The number of esters is 1. The van der Waals surface area contributed by atoms with E-state index in [2.05, 4.69) is 0 Å². The number of hydrogen-bond donors (Lipinski definition) is 0. The van der Waals surface area contributed by atoms with Gasteiger partial charge in [-0.3, -0.25) is 4.79 Å². The van der Waals surface area contributed by atoms with Crippen LogP contribution in [0.4, 0.5) is 0 Å². The lowest BCUT2D eigenvalue weighted by atomic mass is 10.2. The summed E-state index contributed by atoms with van der Waals surface area (Å²) in [6, 6.07) is 0. The third-order valence-electron chi connectivity index (χ3n) is 1.14. The summed E-state index contributed by atoms with van der Waals surface area (Å²) in [5, 5.41) is 0. The molecule has 0 spiro atoms. The Morgan fingerprint density at radius 1 is 1.70 bits per heavy atom. The van der Waals surface area contributed by atoms with E-state index in [0.717, 1.165) is 0 Å². The van der Waals surface area contributed by atoms with Gasteiger partial charge in [-0.1, -0.05) is 12.2 Å². The van der Waals surface area contributed by atoms with Crippen molar-refractivity contribution < 1.29 is 9.53 Å². The van der Waals surface area contributed by atoms with Crippen molar-refractivity contribution in [1.82, 2.24) is 0 Å². The second-order valence-corrected chi connectivity index (χ2v) is 2.07. The molecule has 0 saturated heterocycles. The minimum absolute atomic E-state index is 0.107. The normalized spacial score (nSPS) is 13.5.